The van der Waals surface area contributed by atoms with E-state index in [1.807, 2.05) is 12.3 Å². The normalized spacial score (nSPS) is 25.4. The van der Waals surface area contributed by atoms with Crippen molar-refractivity contribution >= 4 is 49.4 Å². The van der Waals surface area contributed by atoms with E-state index in [0.29, 0.717) is 17.7 Å². The summed E-state index contributed by atoms with van der Waals surface area (Å²) in [6.07, 6.45) is 11.7. The van der Waals surface area contributed by atoms with E-state index in [1.54, 1.807) is 0 Å². The third-order valence-corrected chi connectivity index (χ3v) is 9.60. The molecule has 5 rings (SSSR count). The summed E-state index contributed by atoms with van der Waals surface area (Å²) in [5.74, 6) is 2.41. The van der Waals surface area contributed by atoms with Crippen molar-refractivity contribution in [3.63, 3.8) is 0 Å². The molecule has 0 bridgehead atoms. The highest BCUT2D eigenvalue weighted by Gasteiger charge is 2.36. The summed E-state index contributed by atoms with van der Waals surface area (Å²) in [6, 6.07) is 6.40. The molecule has 6 heteroatoms. The van der Waals surface area contributed by atoms with Gasteiger partial charge in [0.1, 0.15) is 0 Å². The summed E-state index contributed by atoms with van der Waals surface area (Å²) in [7, 11) is 0. The number of halogens is 3. The molecule has 1 saturated carbocycles. The van der Waals surface area contributed by atoms with E-state index in [-0.39, 0.29) is 5.92 Å². The maximum absolute atomic E-state index is 13.1. The van der Waals surface area contributed by atoms with E-state index in [2.05, 4.69) is 55.8 Å². The van der Waals surface area contributed by atoms with Crippen LogP contribution in [0.1, 0.15) is 80.2 Å². The van der Waals surface area contributed by atoms with Gasteiger partial charge in [-0.25, -0.2) is 0 Å². The van der Waals surface area contributed by atoms with Gasteiger partial charge in [0, 0.05) is 45.6 Å². The number of nitrogens with zero attached hydrogens (tertiary/aromatic N) is 2. The Morgan fingerprint density at radius 3 is 2.62 bits per heavy atom. The Morgan fingerprint density at radius 2 is 1.85 bits per heavy atom. The molecule has 3 atom stereocenters. The van der Waals surface area contributed by atoms with Crippen LogP contribution in [0.2, 0.25) is 5.02 Å². The van der Waals surface area contributed by atoms with Crippen LogP contribution in [0.25, 0.3) is 0 Å². The summed E-state index contributed by atoms with van der Waals surface area (Å²) in [4.78, 5) is 20.2. The van der Waals surface area contributed by atoms with Crippen molar-refractivity contribution in [3.05, 3.63) is 60.7 Å². The monoisotopic (exact) mass is 606 g/mol. The minimum absolute atomic E-state index is 0.226. The summed E-state index contributed by atoms with van der Waals surface area (Å²) in [5, 5.41) is 0.780. The quantitative estimate of drug-likeness (QED) is 0.354. The van der Waals surface area contributed by atoms with E-state index in [4.69, 9.17) is 16.6 Å². The SMILES string of the molecule is CC1CCCC(CC(=O)N2CCC([C@H]3c4ncc(Br)cc4CCc4cc(Cl)cc(Br)c43)CC2)C1. The van der Waals surface area contributed by atoms with Gasteiger partial charge in [-0.15, -0.1) is 0 Å². The number of hydrogen-bond donors (Lipinski definition) is 0. The molecule has 1 amide bonds. The number of aryl methyl sites for hydroxylation is 2. The molecule has 182 valence electrons. The van der Waals surface area contributed by atoms with Crippen molar-refractivity contribution < 1.29 is 4.79 Å². The number of benzene rings is 1. The highest BCUT2D eigenvalue weighted by molar-refractivity contribution is 9.10. The number of amides is 1. The van der Waals surface area contributed by atoms with Crippen LogP contribution in [0.3, 0.4) is 0 Å². The Bertz CT molecular complexity index is 1070. The fourth-order valence-corrected chi connectivity index (χ4v) is 8.13. The lowest BCUT2D eigenvalue weighted by Crippen LogP contribution is -2.41. The number of likely N-dealkylation sites (tertiary alicyclic amines) is 1. The molecule has 2 unspecified atom stereocenters. The molecular formula is C28H33Br2ClN2O. The van der Waals surface area contributed by atoms with Gasteiger partial charge >= 0.3 is 0 Å². The van der Waals surface area contributed by atoms with Gasteiger partial charge in [-0.3, -0.25) is 9.78 Å². The van der Waals surface area contributed by atoms with Gasteiger partial charge in [0.25, 0.3) is 0 Å². The minimum atomic E-state index is 0.226. The van der Waals surface area contributed by atoms with Crippen molar-refractivity contribution in [3.8, 4) is 0 Å². The van der Waals surface area contributed by atoms with E-state index < -0.39 is 0 Å². The van der Waals surface area contributed by atoms with Crippen LogP contribution in [-0.2, 0) is 17.6 Å². The van der Waals surface area contributed by atoms with Crippen molar-refractivity contribution in [1.29, 1.82) is 0 Å². The van der Waals surface area contributed by atoms with Gasteiger partial charge in [0.15, 0.2) is 0 Å². The van der Waals surface area contributed by atoms with Gasteiger partial charge in [0.2, 0.25) is 5.91 Å². The maximum Gasteiger partial charge on any atom is 0.222 e. The molecule has 0 N–H and O–H groups in total. The van der Waals surface area contributed by atoms with Crippen molar-refractivity contribution in [2.45, 2.75) is 70.6 Å². The Labute approximate surface area is 225 Å². The number of carbonyl (C=O) groups excluding carboxylic acids is 1. The van der Waals surface area contributed by atoms with E-state index in [9.17, 15) is 4.79 Å². The van der Waals surface area contributed by atoms with Gasteiger partial charge in [-0.05, 0) is 107 Å². The third kappa shape index (κ3) is 5.27. The molecule has 2 heterocycles. The van der Waals surface area contributed by atoms with Gasteiger partial charge < -0.3 is 4.90 Å². The summed E-state index contributed by atoms with van der Waals surface area (Å²) in [5.41, 5.74) is 5.19. The Hall–Kier alpha value is -0.910. The van der Waals surface area contributed by atoms with Crippen molar-refractivity contribution in [2.75, 3.05) is 13.1 Å². The highest BCUT2D eigenvalue weighted by atomic mass is 79.9. The first-order chi connectivity index (χ1) is 16.4. The van der Waals surface area contributed by atoms with Crippen molar-refractivity contribution in [2.24, 2.45) is 17.8 Å². The first-order valence-corrected chi connectivity index (χ1v) is 14.8. The zero-order valence-corrected chi connectivity index (χ0v) is 23.8. The van der Waals surface area contributed by atoms with Crippen LogP contribution in [-0.4, -0.2) is 28.9 Å². The highest BCUT2D eigenvalue weighted by Crippen LogP contribution is 2.46. The standard InChI is InChI=1S/C28H33Br2ClN2O/c1-17-3-2-4-18(11-17)12-25(34)33-9-7-19(8-10-33)27-26-20(14-23(31)15-24(26)30)5-6-21-13-22(29)16-32-28(21)27/h13-19,27H,2-12H2,1H3/t17?,18?,27-/m1/s1. The summed E-state index contributed by atoms with van der Waals surface area (Å²) < 4.78 is 2.12. The molecule has 2 aromatic rings. The fraction of sp³-hybridized carbons (Fsp3) is 0.571. The minimum Gasteiger partial charge on any atom is -0.343 e. The van der Waals surface area contributed by atoms with Crippen LogP contribution in [0.15, 0.2) is 33.3 Å². The molecule has 0 radical (unpaired) electrons. The topological polar surface area (TPSA) is 33.2 Å². The van der Waals surface area contributed by atoms with E-state index in [0.717, 1.165) is 65.1 Å². The third-order valence-electron chi connectivity index (χ3n) is 8.29. The molecule has 1 aromatic heterocycles. The largest absolute Gasteiger partial charge is 0.343 e. The molecule has 1 saturated heterocycles. The molecule has 3 aliphatic rings. The predicted octanol–water partition coefficient (Wildman–Crippen LogP) is 7.95. The Morgan fingerprint density at radius 1 is 1.09 bits per heavy atom. The van der Waals surface area contributed by atoms with Crippen LogP contribution in [0, 0.1) is 17.8 Å². The van der Waals surface area contributed by atoms with Crippen LogP contribution in [0.4, 0.5) is 0 Å². The number of hydrogen-bond acceptors (Lipinski definition) is 2. The summed E-state index contributed by atoms with van der Waals surface area (Å²) in [6.45, 7) is 4.05. The lowest BCUT2D eigenvalue weighted by molar-refractivity contribution is -0.134. The number of pyridine rings is 1. The fourth-order valence-electron chi connectivity index (χ4n) is 6.63. The number of fused-ring (bicyclic) bond motifs is 2. The number of carbonyl (C=O) groups is 1. The van der Waals surface area contributed by atoms with E-state index >= 15 is 0 Å². The Kier molecular flexibility index (Phi) is 7.72. The van der Waals surface area contributed by atoms with Crippen LogP contribution < -0.4 is 0 Å². The average Bonchev–Trinajstić information content (AvgIpc) is 2.96. The van der Waals surface area contributed by atoms with Gasteiger partial charge in [-0.2, -0.15) is 0 Å². The smallest absolute Gasteiger partial charge is 0.222 e. The zero-order valence-electron chi connectivity index (χ0n) is 19.8. The first kappa shape index (κ1) is 24.8. The maximum atomic E-state index is 13.1. The number of rotatable bonds is 3. The summed E-state index contributed by atoms with van der Waals surface area (Å²) >= 11 is 13.9. The molecular weight excluding hydrogens is 576 g/mol. The zero-order chi connectivity index (χ0) is 23.8. The van der Waals surface area contributed by atoms with Crippen molar-refractivity contribution in [1.82, 2.24) is 9.88 Å². The lowest BCUT2D eigenvalue weighted by Gasteiger charge is -2.38. The molecule has 3 nitrogen and oxygen atoms in total. The van der Waals surface area contributed by atoms with E-state index in [1.165, 1.54) is 48.1 Å². The second-order valence-corrected chi connectivity index (χ2v) is 12.9. The second kappa shape index (κ2) is 10.6. The Balaban J connectivity index is 1.36. The predicted molar refractivity (Wildman–Crippen MR) is 145 cm³/mol. The first-order valence-electron chi connectivity index (χ1n) is 12.8. The molecule has 0 spiro atoms. The average molecular weight is 609 g/mol. The molecule has 34 heavy (non-hydrogen) atoms. The van der Waals surface area contributed by atoms with Crippen LogP contribution in [0.5, 0.6) is 0 Å². The number of aromatic nitrogens is 1. The second-order valence-electron chi connectivity index (χ2n) is 10.7. The van der Waals surface area contributed by atoms with Gasteiger partial charge in [0.05, 0.1) is 5.69 Å². The molecule has 1 aliphatic heterocycles. The molecule has 2 aliphatic carbocycles. The number of piperidine rings is 1. The van der Waals surface area contributed by atoms with Crippen LogP contribution >= 0.6 is 43.5 Å². The molecule has 2 fully saturated rings. The lowest BCUT2D eigenvalue weighted by atomic mass is 9.76. The molecule has 1 aromatic carbocycles. The van der Waals surface area contributed by atoms with Gasteiger partial charge in [-0.1, -0.05) is 47.3 Å².